The molecule has 0 amide bonds. The Balaban J connectivity index is 1.57. The first-order valence-electron chi connectivity index (χ1n) is 9.92. The molecule has 3 N–H and O–H groups in total. The van der Waals surface area contributed by atoms with E-state index in [0.717, 1.165) is 31.7 Å². The molecule has 0 spiro atoms. The van der Waals surface area contributed by atoms with Crippen molar-refractivity contribution < 1.29 is 9.90 Å². The Bertz CT molecular complexity index is 1040. The summed E-state index contributed by atoms with van der Waals surface area (Å²) in [5, 5.41) is 9.76. The van der Waals surface area contributed by atoms with Crippen LogP contribution in [0.2, 0.25) is 0 Å². The van der Waals surface area contributed by atoms with Crippen LogP contribution in [0.25, 0.3) is 11.0 Å². The Morgan fingerprint density at radius 2 is 1.96 bits per heavy atom. The van der Waals surface area contributed by atoms with E-state index in [1.54, 1.807) is 6.07 Å². The number of aromatic nitrogens is 2. The molecule has 2 fully saturated rings. The zero-order valence-electron chi connectivity index (χ0n) is 15.8. The third-order valence-corrected chi connectivity index (χ3v) is 6.58. The van der Waals surface area contributed by atoms with Gasteiger partial charge < -0.3 is 20.3 Å². The maximum atomic E-state index is 12.6. The minimum absolute atomic E-state index is 0.0643. The molecule has 1 aliphatic heterocycles. The van der Waals surface area contributed by atoms with Gasteiger partial charge in [-0.1, -0.05) is 19.1 Å². The van der Waals surface area contributed by atoms with E-state index in [2.05, 4.69) is 24.0 Å². The molecule has 5 rings (SSSR count). The summed E-state index contributed by atoms with van der Waals surface area (Å²) in [6.07, 6.45) is 7.75. The van der Waals surface area contributed by atoms with E-state index >= 15 is 0 Å². The van der Waals surface area contributed by atoms with Gasteiger partial charge in [-0.15, -0.1) is 0 Å². The lowest BCUT2D eigenvalue weighted by Gasteiger charge is -2.30. The van der Waals surface area contributed by atoms with Crippen LogP contribution >= 0.6 is 0 Å². The predicted molar refractivity (Wildman–Crippen MR) is 107 cm³/mol. The number of fused-ring (bicyclic) bond motifs is 2. The first-order valence-corrected chi connectivity index (χ1v) is 9.92. The average molecular weight is 380 g/mol. The third kappa shape index (κ3) is 2.64. The standard InChI is InChI=1S/C21H24N4O3/c1-11-2-6-17(22)15-9-24(8-14(11)15)18-7-5-13-19(26)16(21(27)28)10-25(12-3-4-12)20(13)23-18/h2,5-7,10-12,14-15,17H,3-4,8-9,22H2,1H3,(H,27,28). The van der Waals surface area contributed by atoms with Gasteiger partial charge in [-0.25, -0.2) is 9.78 Å². The normalized spacial score (nSPS) is 29.3. The molecule has 7 heteroatoms. The van der Waals surface area contributed by atoms with E-state index in [9.17, 15) is 14.7 Å². The van der Waals surface area contributed by atoms with Crippen LogP contribution in [-0.2, 0) is 0 Å². The van der Waals surface area contributed by atoms with Crippen LogP contribution in [-0.4, -0.2) is 39.8 Å². The number of carbonyl (C=O) groups is 1. The maximum absolute atomic E-state index is 12.6. The van der Waals surface area contributed by atoms with Crippen LogP contribution in [0.4, 0.5) is 5.82 Å². The largest absolute Gasteiger partial charge is 0.477 e. The molecule has 0 radical (unpaired) electrons. The summed E-state index contributed by atoms with van der Waals surface area (Å²) in [4.78, 5) is 31.2. The first-order chi connectivity index (χ1) is 13.4. The van der Waals surface area contributed by atoms with Gasteiger partial charge >= 0.3 is 5.97 Å². The Hall–Kier alpha value is -2.67. The average Bonchev–Trinajstić information content (AvgIpc) is 3.41. The number of pyridine rings is 2. The topological polar surface area (TPSA) is 101 Å². The number of hydrogen-bond acceptors (Lipinski definition) is 5. The number of nitrogens with two attached hydrogens (primary N) is 1. The van der Waals surface area contributed by atoms with Gasteiger partial charge in [-0.05, 0) is 36.8 Å². The van der Waals surface area contributed by atoms with Crippen molar-refractivity contribution in [2.24, 2.45) is 23.5 Å². The van der Waals surface area contributed by atoms with Gasteiger partial charge in [0, 0.05) is 37.3 Å². The molecular weight excluding hydrogens is 356 g/mol. The molecule has 2 aliphatic carbocycles. The van der Waals surface area contributed by atoms with Gasteiger partial charge in [0.2, 0.25) is 5.43 Å². The molecule has 2 aromatic heterocycles. The van der Waals surface area contributed by atoms with Gasteiger partial charge in [0.15, 0.2) is 0 Å². The molecule has 0 bridgehead atoms. The van der Waals surface area contributed by atoms with E-state index < -0.39 is 11.4 Å². The summed E-state index contributed by atoms with van der Waals surface area (Å²) in [7, 11) is 0. The van der Waals surface area contributed by atoms with Crippen molar-refractivity contribution in [3.8, 4) is 0 Å². The van der Waals surface area contributed by atoms with E-state index in [-0.39, 0.29) is 17.6 Å². The number of anilines is 1. The smallest absolute Gasteiger partial charge is 0.341 e. The van der Waals surface area contributed by atoms with Crippen LogP contribution in [0, 0.1) is 17.8 Å². The molecule has 146 valence electrons. The lowest BCUT2D eigenvalue weighted by Crippen LogP contribution is -2.38. The van der Waals surface area contributed by atoms with Crippen molar-refractivity contribution in [2.45, 2.75) is 31.8 Å². The molecule has 0 aromatic carbocycles. The van der Waals surface area contributed by atoms with Crippen LogP contribution in [0.5, 0.6) is 0 Å². The predicted octanol–water partition coefficient (Wildman–Crippen LogP) is 2.02. The second kappa shape index (κ2) is 6.17. The van der Waals surface area contributed by atoms with Crippen LogP contribution < -0.4 is 16.1 Å². The SMILES string of the molecule is CC1C=CC(N)C2CN(c3ccc4c(=O)c(C(=O)O)cn(C5CC5)c4n3)CC12. The highest BCUT2D eigenvalue weighted by molar-refractivity contribution is 5.92. The molecule has 4 atom stereocenters. The highest BCUT2D eigenvalue weighted by Crippen LogP contribution is 2.39. The molecule has 2 aromatic rings. The Kier molecular flexibility index (Phi) is 3.84. The first kappa shape index (κ1) is 17.4. The third-order valence-electron chi connectivity index (χ3n) is 6.58. The van der Waals surface area contributed by atoms with Crippen molar-refractivity contribution >= 4 is 22.8 Å². The summed E-state index contributed by atoms with van der Waals surface area (Å²) < 4.78 is 1.88. The summed E-state index contributed by atoms with van der Waals surface area (Å²) in [6, 6.07) is 3.86. The number of hydrogen-bond donors (Lipinski definition) is 2. The molecule has 4 unspecified atom stereocenters. The Morgan fingerprint density at radius 3 is 2.64 bits per heavy atom. The van der Waals surface area contributed by atoms with E-state index in [1.807, 2.05) is 10.6 Å². The minimum Gasteiger partial charge on any atom is -0.477 e. The van der Waals surface area contributed by atoms with Crippen LogP contribution in [0.1, 0.15) is 36.2 Å². The number of rotatable bonds is 3. The second-order valence-electron chi connectivity index (χ2n) is 8.41. The van der Waals surface area contributed by atoms with E-state index in [0.29, 0.717) is 28.8 Å². The summed E-state index contributed by atoms with van der Waals surface area (Å²) >= 11 is 0. The molecule has 1 saturated carbocycles. The number of nitrogens with zero attached hydrogens (tertiary/aromatic N) is 3. The fraction of sp³-hybridized carbons (Fsp3) is 0.476. The lowest BCUT2D eigenvalue weighted by atomic mass is 9.77. The number of allylic oxidation sites excluding steroid dienone is 1. The maximum Gasteiger partial charge on any atom is 0.341 e. The molecular formula is C21H24N4O3. The molecule has 3 aliphatic rings. The van der Waals surface area contributed by atoms with Crippen molar-refractivity contribution in [3.05, 3.63) is 46.3 Å². The zero-order chi connectivity index (χ0) is 19.6. The fourth-order valence-corrected chi connectivity index (χ4v) is 4.77. The summed E-state index contributed by atoms with van der Waals surface area (Å²) in [5.74, 6) is 1.02. The minimum atomic E-state index is -1.19. The summed E-state index contributed by atoms with van der Waals surface area (Å²) in [5.41, 5.74) is 6.25. The molecule has 1 saturated heterocycles. The van der Waals surface area contributed by atoms with Crippen LogP contribution in [0.3, 0.4) is 0 Å². The van der Waals surface area contributed by atoms with Crippen molar-refractivity contribution in [2.75, 3.05) is 18.0 Å². The lowest BCUT2D eigenvalue weighted by molar-refractivity contribution is 0.0695. The Morgan fingerprint density at radius 1 is 1.21 bits per heavy atom. The van der Waals surface area contributed by atoms with Gasteiger partial charge in [0.25, 0.3) is 0 Å². The van der Waals surface area contributed by atoms with E-state index in [1.165, 1.54) is 6.20 Å². The number of carboxylic acid groups (broad SMARTS) is 1. The number of carboxylic acids is 1. The zero-order valence-corrected chi connectivity index (χ0v) is 15.8. The highest BCUT2D eigenvalue weighted by atomic mass is 16.4. The fourth-order valence-electron chi connectivity index (χ4n) is 4.77. The second-order valence-corrected chi connectivity index (χ2v) is 8.41. The van der Waals surface area contributed by atoms with E-state index in [4.69, 9.17) is 10.7 Å². The quantitative estimate of drug-likeness (QED) is 0.790. The van der Waals surface area contributed by atoms with Gasteiger partial charge in [-0.2, -0.15) is 0 Å². The van der Waals surface area contributed by atoms with Gasteiger partial charge in [-0.3, -0.25) is 4.79 Å². The van der Waals surface area contributed by atoms with Crippen molar-refractivity contribution in [3.63, 3.8) is 0 Å². The molecule has 7 nitrogen and oxygen atoms in total. The molecule has 3 heterocycles. The number of aromatic carboxylic acids is 1. The van der Waals surface area contributed by atoms with Gasteiger partial charge in [0.1, 0.15) is 17.0 Å². The van der Waals surface area contributed by atoms with Crippen LogP contribution in [0.15, 0.2) is 35.3 Å². The molecule has 28 heavy (non-hydrogen) atoms. The monoisotopic (exact) mass is 380 g/mol. The van der Waals surface area contributed by atoms with Crippen molar-refractivity contribution in [1.29, 1.82) is 0 Å². The van der Waals surface area contributed by atoms with Crippen molar-refractivity contribution in [1.82, 2.24) is 9.55 Å². The highest BCUT2D eigenvalue weighted by Gasteiger charge is 2.40. The van der Waals surface area contributed by atoms with Gasteiger partial charge in [0.05, 0.1) is 5.39 Å². The Labute approximate surface area is 162 Å². The summed E-state index contributed by atoms with van der Waals surface area (Å²) in [6.45, 7) is 3.97.